The van der Waals surface area contributed by atoms with Crippen LogP contribution in [0.2, 0.25) is 0 Å². The van der Waals surface area contributed by atoms with Crippen LogP contribution in [0.25, 0.3) is 0 Å². The molecule has 0 atom stereocenters. The van der Waals surface area contributed by atoms with Crippen LogP contribution in [-0.4, -0.2) is 34.0 Å². The molecule has 0 heterocycles. The number of rotatable bonds is 10. The zero-order chi connectivity index (χ0) is 19.7. The zero-order valence-electron chi connectivity index (χ0n) is 14.9. The van der Waals surface area contributed by atoms with E-state index < -0.39 is 10.0 Å². The van der Waals surface area contributed by atoms with Crippen molar-refractivity contribution in [3.63, 3.8) is 0 Å². The Bertz CT molecular complexity index is 855. The second-order valence-corrected chi connectivity index (χ2v) is 7.69. The Labute approximate surface area is 159 Å². The van der Waals surface area contributed by atoms with Crippen molar-refractivity contribution in [3.8, 4) is 0 Å². The third-order valence-corrected chi connectivity index (χ3v) is 4.97. The fourth-order valence-electron chi connectivity index (χ4n) is 2.53. The van der Waals surface area contributed by atoms with Crippen LogP contribution >= 0.6 is 0 Å². The third-order valence-electron chi connectivity index (χ3n) is 4.05. The number of halogens is 1. The lowest BCUT2D eigenvalue weighted by molar-refractivity contribution is -0.120. The highest BCUT2D eigenvalue weighted by Crippen LogP contribution is 2.09. The van der Waals surface area contributed by atoms with Crippen LogP contribution < -0.4 is 15.8 Å². The Hall–Kier alpha value is -2.29. The molecule has 0 bridgehead atoms. The first-order valence-electron chi connectivity index (χ1n) is 8.69. The molecule has 0 radical (unpaired) electrons. The van der Waals surface area contributed by atoms with E-state index in [0.29, 0.717) is 44.5 Å². The number of hydrogen-bond donors (Lipinski definition) is 3. The molecule has 0 aromatic heterocycles. The van der Waals surface area contributed by atoms with E-state index in [9.17, 15) is 17.6 Å². The SMILES string of the molecule is NS(=O)(=O)c1ccc(CCNCCC(=O)NCCc2ccccc2F)cc1. The van der Waals surface area contributed by atoms with E-state index in [-0.39, 0.29) is 16.6 Å². The lowest BCUT2D eigenvalue weighted by Gasteiger charge is -2.08. The molecule has 27 heavy (non-hydrogen) atoms. The summed E-state index contributed by atoms with van der Waals surface area (Å²) >= 11 is 0. The van der Waals surface area contributed by atoms with Gasteiger partial charge in [-0.15, -0.1) is 0 Å². The molecule has 0 fully saturated rings. The average Bonchev–Trinajstić information content (AvgIpc) is 2.63. The highest BCUT2D eigenvalue weighted by atomic mass is 32.2. The second kappa shape index (κ2) is 10.1. The van der Waals surface area contributed by atoms with Crippen molar-refractivity contribution in [1.29, 1.82) is 0 Å². The second-order valence-electron chi connectivity index (χ2n) is 6.13. The molecule has 1 amide bonds. The van der Waals surface area contributed by atoms with Crippen molar-refractivity contribution in [2.24, 2.45) is 5.14 Å². The van der Waals surface area contributed by atoms with Gasteiger partial charge in [0.2, 0.25) is 15.9 Å². The summed E-state index contributed by atoms with van der Waals surface area (Å²) in [6, 6.07) is 12.9. The van der Waals surface area contributed by atoms with E-state index >= 15 is 0 Å². The van der Waals surface area contributed by atoms with Crippen molar-refractivity contribution in [2.45, 2.75) is 24.2 Å². The maximum atomic E-state index is 13.5. The first-order valence-corrected chi connectivity index (χ1v) is 10.2. The van der Waals surface area contributed by atoms with Gasteiger partial charge >= 0.3 is 0 Å². The van der Waals surface area contributed by atoms with Crippen LogP contribution in [0.4, 0.5) is 4.39 Å². The van der Waals surface area contributed by atoms with E-state index in [0.717, 1.165) is 5.56 Å². The smallest absolute Gasteiger partial charge is 0.238 e. The van der Waals surface area contributed by atoms with Crippen molar-refractivity contribution >= 4 is 15.9 Å². The van der Waals surface area contributed by atoms with Gasteiger partial charge in [-0.1, -0.05) is 30.3 Å². The van der Waals surface area contributed by atoms with Crippen LogP contribution in [0.15, 0.2) is 53.4 Å². The van der Waals surface area contributed by atoms with Gasteiger partial charge in [0, 0.05) is 19.5 Å². The lowest BCUT2D eigenvalue weighted by Crippen LogP contribution is -2.30. The molecule has 2 rings (SSSR count). The van der Waals surface area contributed by atoms with Gasteiger partial charge in [0.1, 0.15) is 5.82 Å². The van der Waals surface area contributed by atoms with E-state index in [1.54, 1.807) is 30.3 Å². The Morgan fingerprint density at radius 2 is 1.67 bits per heavy atom. The average molecular weight is 393 g/mol. The molecule has 0 spiro atoms. The molecule has 6 nitrogen and oxygen atoms in total. The van der Waals surface area contributed by atoms with Gasteiger partial charge in [0.15, 0.2) is 0 Å². The summed E-state index contributed by atoms with van der Waals surface area (Å²) in [5, 5.41) is 11.0. The molecule has 146 valence electrons. The standard InChI is InChI=1S/C19H24FN3O3S/c20-18-4-2-1-3-16(18)10-14-23-19(24)11-13-22-12-9-15-5-7-17(8-6-15)27(21,25)26/h1-8,22H,9-14H2,(H,23,24)(H2,21,25,26). The minimum atomic E-state index is -3.67. The third kappa shape index (κ3) is 7.46. The number of carbonyl (C=O) groups is 1. The predicted octanol–water partition coefficient (Wildman–Crippen LogP) is 1.35. The Kier molecular flexibility index (Phi) is 7.90. The molecule has 0 aliphatic carbocycles. The first-order chi connectivity index (χ1) is 12.9. The minimum absolute atomic E-state index is 0.0867. The van der Waals surface area contributed by atoms with Crippen LogP contribution in [0, 0.1) is 5.82 Å². The van der Waals surface area contributed by atoms with Crippen molar-refractivity contribution in [3.05, 3.63) is 65.5 Å². The van der Waals surface area contributed by atoms with Gasteiger partial charge < -0.3 is 10.6 Å². The number of amides is 1. The molecular formula is C19H24FN3O3S. The number of sulfonamides is 1. The summed E-state index contributed by atoms with van der Waals surface area (Å²) in [7, 11) is -3.67. The fourth-order valence-corrected chi connectivity index (χ4v) is 3.05. The summed E-state index contributed by atoms with van der Waals surface area (Å²) in [6.07, 6.45) is 1.50. The van der Waals surface area contributed by atoms with Gasteiger partial charge in [-0.25, -0.2) is 17.9 Å². The van der Waals surface area contributed by atoms with Gasteiger partial charge in [-0.05, 0) is 48.7 Å². The summed E-state index contributed by atoms with van der Waals surface area (Å²) in [5.41, 5.74) is 1.56. The van der Waals surface area contributed by atoms with Crippen molar-refractivity contribution < 1.29 is 17.6 Å². The zero-order valence-corrected chi connectivity index (χ0v) is 15.8. The van der Waals surface area contributed by atoms with E-state index in [2.05, 4.69) is 10.6 Å². The fraction of sp³-hybridized carbons (Fsp3) is 0.316. The molecule has 0 aliphatic rings. The van der Waals surface area contributed by atoms with Gasteiger partial charge in [0.25, 0.3) is 0 Å². The number of nitrogens with two attached hydrogens (primary N) is 1. The van der Waals surface area contributed by atoms with Crippen LogP contribution in [-0.2, 0) is 27.7 Å². The Balaban J connectivity index is 1.58. The molecular weight excluding hydrogens is 369 g/mol. The maximum Gasteiger partial charge on any atom is 0.238 e. The van der Waals surface area contributed by atoms with Gasteiger partial charge in [0.05, 0.1) is 4.90 Å². The summed E-state index contributed by atoms with van der Waals surface area (Å²) in [4.78, 5) is 11.9. The maximum absolute atomic E-state index is 13.5. The minimum Gasteiger partial charge on any atom is -0.356 e. The highest BCUT2D eigenvalue weighted by molar-refractivity contribution is 7.89. The lowest BCUT2D eigenvalue weighted by atomic mass is 10.1. The first kappa shape index (κ1) is 21.0. The molecule has 2 aromatic rings. The Morgan fingerprint density at radius 3 is 2.33 bits per heavy atom. The van der Waals surface area contributed by atoms with Crippen molar-refractivity contribution in [2.75, 3.05) is 19.6 Å². The topological polar surface area (TPSA) is 101 Å². The number of carbonyl (C=O) groups excluding carboxylic acids is 1. The quantitative estimate of drug-likeness (QED) is 0.531. The monoisotopic (exact) mass is 393 g/mol. The number of benzene rings is 2. The van der Waals surface area contributed by atoms with Crippen molar-refractivity contribution in [1.82, 2.24) is 10.6 Å². The normalized spacial score (nSPS) is 11.3. The van der Waals surface area contributed by atoms with Gasteiger partial charge in [-0.3, -0.25) is 4.79 Å². The molecule has 8 heteroatoms. The molecule has 0 saturated carbocycles. The number of nitrogens with one attached hydrogen (secondary N) is 2. The molecule has 0 unspecified atom stereocenters. The van der Waals surface area contributed by atoms with E-state index in [4.69, 9.17) is 5.14 Å². The summed E-state index contributed by atoms with van der Waals surface area (Å²) < 4.78 is 35.8. The molecule has 0 saturated heterocycles. The molecule has 2 aromatic carbocycles. The number of hydrogen-bond acceptors (Lipinski definition) is 4. The van der Waals surface area contributed by atoms with Crippen LogP contribution in [0.3, 0.4) is 0 Å². The van der Waals surface area contributed by atoms with Gasteiger partial charge in [-0.2, -0.15) is 0 Å². The Morgan fingerprint density at radius 1 is 0.963 bits per heavy atom. The van der Waals surface area contributed by atoms with E-state index in [1.165, 1.54) is 18.2 Å². The summed E-state index contributed by atoms with van der Waals surface area (Å²) in [5.74, 6) is -0.346. The van der Waals surface area contributed by atoms with Crippen LogP contribution in [0.1, 0.15) is 17.5 Å². The molecule has 4 N–H and O–H groups in total. The summed E-state index contributed by atoms with van der Waals surface area (Å²) in [6.45, 7) is 1.59. The van der Waals surface area contributed by atoms with Crippen LogP contribution in [0.5, 0.6) is 0 Å². The highest BCUT2D eigenvalue weighted by Gasteiger charge is 2.07. The van der Waals surface area contributed by atoms with E-state index in [1.807, 2.05) is 0 Å². The molecule has 0 aliphatic heterocycles. The predicted molar refractivity (Wildman–Crippen MR) is 102 cm³/mol. The largest absolute Gasteiger partial charge is 0.356 e. The number of primary sulfonamides is 1.